The van der Waals surface area contributed by atoms with E-state index < -0.39 is 48.4 Å². The average Bonchev–Trinajstić information content (AvgIpc) is 2.67. The molecule has 0 bridgehead atoms. The summed E-state index contributed by atoms with van der Waals surface area (Å²) < 4.78 is 10.8. The maximum Gasteiger partial charge on any atom is 0.347 e. The summed E-state index contributed by atoms with van der Waals surface area (Å²) in [6.45, 7) is 0.614. The fourth-order valence-corrected chi connectivity index (χ4v) is 1.95. The van der Waals surface area contributed by atoms with Crippen LogP contribution in [0.4, 0.5) is 0 Å². The fraction of sp³-hybridized carbons (Fsp3) is 0.600. The summed E-state index contributed by atoms with van der Waals surface area (Å²) in [5.41, 5.74) is -1.59. The number of carbonyl (C=O) groups excluding carboxylic acids is 1. The van der Waals surface area contributed by atoms with Gasteiger partial charge in [-0.25, -0.2) is 4.79 Å². The molecule has 10 nitrogen and oxygen atoms in total. The first-order chi connectivity index (χ1) is 9.43. The Morgan fingerprint density at radius 2 is 2.30 bits per heavy atom. The van der Waals surface area contributed by atoms with Gasteiger partial charge in [-0.05, 0) is 0 Å². The monoisotopic (exact) mass is 287 g/mol. The number of rotatable bonds is 3. The van der Waals surface area contributed by atoms with Crippen molar-refractivity contribution in [2.45, 2.75) is 31.5 Å². The second-order valence-electron chi connectivity index (χ2n) is 4.20. The molecular formula is C10H13N3O7. The standard InChI is InChI=1S/C10H13N3O7/c1-4(15)19-8-5(3-14)20-9(7(8)17)13-10(18)12-6(16)2-11-13/h2,5,7-9,14,17H,3H2,1H3,(H,12,16,18)/t5-,7-,8-,9-/m1/s1. The minimum atomic E-state index is -1.41. The Balaban J connectivity index is 2.32. The lowest BCUT2D eigenvalue weighted by Crippen LogP contribution is -2.40. The number of nitrogens with one attached hydrogen (secondary N) is 1. The van der Waals surface area contributed by atoms with E-state index in [1.165, 1.54) is 0 Å². The normalized spacial score (nSPS) is 29.4. The van der Waals surface area contributed by atoms with E-state index in [1.807, 2.05) is 4.98 Å². The lowest BCUT2D eigenvalue weighted by molar-refractivity contribution is -0.153. The van der Waals surface area contributed by atoms with Crippen LogP contribution in [0.1, 0.15) is 13.2 Å². The molecule has 0 spiro atoms. The van der Waals surface area contributed by atoms with Crippen LogP contribution in [0.25, 0.3) is 0 Å². The topological polar surface area (TPSA) is 144 Å². The molecule has 1 fully saturated rings. The molecule has 1 aromatic rings. The first-order valence-electron chi connectivity index (χ1n) is 5.73. The summed E-state index contributed by atoms with van der Waals surface area (Å²) in [4.78, 5) is 35.4. The highest BCUT2D eigenvalue weighted by Gasteiger charge is 2.47. The van der Waals surface area contributed by atoms with Crippen molar-refractivity contribution in [1.82, 2.24) is 14.8 Å². The molecule has 20 heavy (non-hydrogen) atoms. The predicted octanol–water partition coefficient (Wildman–Crippen LogP) is -2.89. The van der Waals surface area contributed by atoms with E-state index in [0.29, 0.717) is 4.68 Å². The number of hydrogen-bond acceptors (Lipinski definition) is 8. The van der Waals surface area contributed by atoms with Gasteiger partial charge in [-0.15, -0.1) is 0 Å². The number of aliphatic hydroxyl groups excluding tert-OH is 2. The minimum Gasteiger partial charge on any atom is -0.457 e. The molecule has 110 valence electrons. The molecule has 2 heterocycles. The van der Waals surface area contributed by atoms with Crippen LogP contribution in [0.15, 0.2) is 15.8 Å². The van der Waals surface area contributed by atoms with Crippen LogP contribution in [0, 0.1) is 0 Å². The second kappa shape index (κ2) is 5.53. The van der Waals surface area contributed by atoms with Gasteiger partial charge in [0.25, 0.3) is 5.56 Å². The number of ether oxygens (including phenoxy) is 2. The van der Waals surface area contributed by atoms with Gasteiger partial charge in [0.15, 0.2) is 12.3 Å². The van der Waals surface area contributed by atoms with E-state index in [9.17, 15) is 19.5 Å². The molecule has 1 aliphatic heterocycles. The molecule has 0 saturated carbocycles. The molecule has 0 radical (unpaired) electrons. The van der Waals surface area contributed by atoms with Crippen LogP contribution < -0.4 is 11.2 Å². The van der Waals surface area contributed by atoms with E-state index in [4.69, 9.17) is 14.6 Å². The maximum absolute atomic E-state index is 11.6. The van der Waals surface area contributed by atoms with Crippen LogP contribution in [-0.4, -0.2) is 55.9 Å². The third kappa shape index (κ3) is 2.61. The van der Waals surface area contributed by atoms with Crippen molar-refractivity contribution in [3.05, 3.63) is 27.0 Å². The Labute approximate surface area is 111 Å². The van der Waals surface area contributed by atoms with Gasteiger partial charge >= 0.3 is 11.7 Å². The molecule has 1 saturated heterocycles. The van der Waals surface area contributed by atoms with E-state index in [1.54, 1.807) is 0 Å². The van der Waals surface area contributed by atoms with Crippen LogP contribution in [-0.2, 0) is 14.3 Å². The van der Waals surface area contributed by atoms with Gasteiger partial charge in [0, 0.05) is 6.92 Å². The van der Waals surface area contributed by atoms with Crippen LogP contribution in [0.3, 0.4) is 0 Å². The predicted molar refractivity (Wildman–Crippen MR) is 61.7 cm³/mol. The van der Waals surface area contributed by atoms with Crippen LogP contribution in [0.5, 0.6) is 0 Å². The Morgan fingerprint density at radius 3 is 2.85 bits per heavy atom. The Hall–Kier alpha value is -2.04. The zero-order valence-corrected chi connectivity index (χ0v) is 10.4. The quantitative estimate of drug-likeness (QED) is 0.503. The van der Waals surface area contributed by atoms with Gasteiger partial charge in [-0.3, -0.25) is 14.6 Å². The lowest BCUT2D eigenvalue weighted by Gasteiger charge is -2.18. The number of aromatic amines is 1. The van der Waals surface area contributed by atoms with Crippen molar-refractivity contribution in [2.75, 3.05) is 6.61 Å². The Bertz CT molecular complexity index is 609. The van der Waals surface area contributed by atoms with E-state index in [0.717, 1.165) is 13.1 Å². The molecule has 0 aromatic carbocycles. The van der Waals surface area contributed by atoms with E-state index in [-0.39, 0.29) is 0 Å². The maximum atomic E-state index is 11.6. The zero-order chi connectivity index (χ0) is 14.9. The summed E-state index contributed by atoms with van der Waals surface area (Å²) in [6, 6.07) is 0. The summed E-state index contributed by atoms with van der Waals surface area (Å²) in [7, 11) is 0. The summed E-state index contributed by atoms with van der Waals surface area (Å²) in [6.07, 6.45) is -3.99. The third-order valence-electron chi connectivity index (χ3n) is 2.77. The fourth-order valence-electron chi connectivity index (χ4n) is 1.95. The number of aromatic nitrogens is 3. The van der Waals surface area contributed by atoms with E-state index in [2.05, 4.69) is 5.10 Å². The van der Waals surface area contributed by atoms with Crippen LogP contribution in [0.2, 0.25) is 0 Å². The number of nitrogens with zero attached hydrogens (tertiary/aromatic N) is 2. The molecule has 3 N–H and O–H groups in total. The lowest BCUT2D eigenvalue weighted by atomic mass is 10.1. The van der Waals surface area contributed by atoms with Crippen LogP contribution >= 0.6 is 0 Å². The van der Waals surface area contributed by atoms with Crippen molar-refractivity contribution in [3.63, 3.8) is 0 Å². The molecule has 0 amide bonds. The van der Waals surface area contributed by atoms with Gasteiger partial charge < -0.3 is 19.7 Å². The zero-order valence-electron chi connectivity index (χ0n) is 10.4. The molecule has 0 aliphatic carbocycles. The van der Waals surface area contributed by atoms with Gasteiger partial charge in [-0.1, -0.05) is 0 Å². The smallest absolute Gasteiger partial charge is 0.347 e. The molecule has 4 atom stereocenters. The largest absolute Gasteiger partial charge is 0.457 e. The molecule has 1 aliphatic rings. The second-order valence-corrected chi connectivity index (χ2v) is 4.20. The molecule has 1 aromatic heterocycles. The van der Waals surface area contributed by atoms with Gasteiger partial charge in [-0.2, -0.15) is 9.78 Å². The number of aliphatic hydroxyl groups is 2. The SMILES string of the molecule is CC(=O)O[C@H]1[C@@H](O)[C@H](n2ncc(=O)[nH]c2=O)O[C@@H]1CO. The highest BCUT2D eigenvalue weighted by atomic mass is 16.6. The Kier molecular flexibility index (Phi) is 3.97. The number of H-pyrrole nitrogens is 1. The summed E-state index contributed by atoms with van der Waals surface area (Å²) in [5, 5.41) is 22.7. The highest BCUT2D eigenvalue weighted by molar-refractivity contribution is 5.66. The third-order valence-corrected chi connectivity index (χ3v) is 2.77. The molecule has 2 rings (SSSR count). The minimum absolute atomic E-state index is 0.524. The molecular weight excluding hydrogens is 274 g/mol. The number of esters is 1. The number of hydrogen-bond donors (Lipinski definition) is 3. The van der Waals surface area contributed by atoms with Crippen molar-refractivity contribution < 1.29 is 24.5 Å². The van der Waals surface area contributed by atoms with Crippen molar-refractivity contribution in [3.8, 4) is 0 Å². The van der Waals surface area contributed by atoms with E-state index >= 15 is 0 Å². The average molecular weight is 287 g/mol. The first kappa shape index (κ1) is 14.4. The molecule has 10 heteroatoms. The van der Waals surface area contributed by atoms with Gasteiger partial charge in [0.1, 0.15) is 18.4 Å². The summed E-state index contributed by atoms with van der Waals surface area (Å²) >= 11 is 0. The number of carbonyl (C=O) groups is 1. The molecule has 0 unspecified atom stereocenters. The van der Waals surface area contributed by atoms with Gasteiger partial charge in [0.05, 0.1) is 6.61 Å². The van der Waals surface area contributed by atoms with Crippen molar-refractivity contribution in [1.29, 1.82) is 0 Å². The van der Waals surface area contributed by atoms with Crippen molar-refractivity contribution >= 4 is 5.97 Å². The van der Waals surface area contributed by atoms with Gasteiger partial charge in [0.2, 0.25) is 0 Å². The Morgan fingerprint density at radius 1 is 1.60 bits per heavy atom. The van der Waals surface area contributed by atoms with Crippen molar-refractivity contribution in [2.24, 2.45) is 0 Å². The first-order valence-corrected chi connectivity index (χ1v) is 5.73. The summed E-state index contributed by atoms with van der Waals surface area (Å²) in [5.74, 6) is -0.668. The highest BCUT2D eigenvalue weighted by Crippen LogP contribution is 2.29.